The van der Waals surface area contributed by atoms with Crippen LogP contribution in [0.2, 0.25) is 0 Å². The van der Waals surface area contributed by atoms with Crippen LogP contribution in [-0.2, 0) is 0 Å². The highest BCUT2D eigenvalue weighted by molar-refractivity contribution is 5.99. The molecule has 2 aliphatic rings. The molecule has 4 heteroatoms. The first-order chi connectivity index (χ1) is 10.2. The zero-order valence-electron chi connectivity index (χ0n) is 12.6. The van der Waals surface area contributed by atoms with E-state index < -0.39 is 0 Å². The number of amides is 1. The highest BCUT2D eigenvalue weighted by atomic mass is 16.2. The molecule has 3 rings (SSSR count). The van der Waals surface area contributed by atoms with Crippen LogP contribution in [0.25, 0.3) is 0 Å². The molecule has 2 N–H and O–H groups in total. The summed E-state index contributed by atoms with van der Waals surface area (Å²) in [6, 6.07) is 7.38. The molecule has 114 valence electrons. The lowest BCUT2D eigenvalue weighted by molar-refractivity contribution is 0.0783. The van der Waals surface area contributed by atoms with Crippen molar-refractivity contribution < 1.29 is 4.79 Å². The van der Waals surface area contributed by atoms with Crippen LogP contribution in [0.15, 0.2) is 24.3 Å². The minimum Gasteiger partial charge on any atom is -0.398 e. The van der Waals surface area contributed by atoms with Crippen molar-refractivity contribution in [1.82, 2.24) is 9.80 Å². The van der Waals surface area contributed by atoms with Crippen molar-refractivity contribution in [3.63, 3.8) is 0 Å². The third-order valence-electron chi connectivity index (χ3n) is 4.73. The van der Waals surface area contributed by atoms with Gasteiger partial charge in [0, 0.05) is 25.3 Å². The summed E-state index contributed by atoms with van der Waals surface area (Å²) >= 11 is 0. The van der Waals surface area contributed by atoms with Crippen molar-refractivity contribution in [2.45, 2.75) is 25.7 Å². The maximum absolute atomic E-state index is 12.5. The fourth-order valence-electron chi connectivity index (χ4n) is 3.54. The molecule has 2 fully saturated rings. The number of piperidine rings is 1. The van der Waals surface area contributed by atoms with Crippen molar-refractivity contribution in [3.8, 4) is 0 Å². The standard InChI is InChI=1S/C17H25N3O/c18-16-7-3-2-6-15(16)17(21)20-11-8-14(13-20)12-19-9-4-1-5-10-19/h2-3,6-7,14H,1,4-5,8-13,18H2. The van der Waals surface area contributed by atoms with Gasteiger partial charge in [0.15, 0.2) is 0 Å². The molecule has 4 nitrogen and oxygen atoms in total. The molecule has 21 heavy (non-hydrogen) atoms. The number of para-hydroxylation sites is 1. The molecule has 2 aliphatic heterocycles. The zero-order valence-corrected chi connectivity index (χ0v) is 12.6. The number of hydrogen-bond donors (Lipinski definition) is 1. The van der Waals surface area contributed by atoms with Gasteiger partial charge in [-0.15, -0.1) is 0 Å². The highest BCUT2D eigenvalue weighted by Gasteiger charge is 2.29. The summed E-state index contributed by atoms with van der Waals surface area (Å²) in [5.74, 6) is 0.714. The van der Waals surface area contributed by atoms with E-state index in [1.807, 2.05) is 23.1 Å². The summed E-state index contributed by atoms with van der Waals surface area (Å²) in [5, 5.41) is 0. The number of likely N-dealkylation sites (tertiary alicyclic amines) is 2. The van der Waals surface area contributed by atoms with E-state index in [4.69, 9.17) is 5.73 Å². The summed E-state index contributed by atoms with van der Waals surface area (Å²) in [4.78, 5) is 17.1. The number of anilines is 1. The van der Waals surface area contributed by atoms with E-state index in [0.717, 1.165) is 26.1 Å². The van der Waals surface area contributed by atoms with Crippen LogP contribution in [0, 0.1) is 5.92 Å². The fraction of sp³-hybridized carbons (Fsp3) is 0.588. The lowest BCUT2D eigenvalue weighted by Gasteiger charge is -2.29. The van der Waals surface area contributed by atoms with Crippen molar-refractivity contribution in [3.05, 3.63) is 29.8 Å². The number of carbonyl (C=O) groups is 1. The largest absolute Gasteiger partial charge is 0.398 e. The van der Waals surface area contributed by atoms with Gasteiger partial charge in [0.25, 0.3) is 5.91 Å². The van der Waals surface area contributed by atoms with E-state index in [1.54, 1.807) is 6.07 Å². The van der Waals surface area contributed by atoms with Gasteiger partial charge < -0.3 is 15.5 Å². The molecule has 1 aromatic rings. The normalized spacial score (nSPS) is 23.4. The minimum absolute atomic E-state index is 0.0919. The molecule has 2 saturated heterocycles. The van der Waals surface area contributed by atoms with Crippen LogP contribution in [-0.4, -0.2) is 48.4 Å². The van der Waals surface area contributed by atoms with Crippen LogP contribution < -0.4 is 5.73 Å². The molecule has 0 radical (unpaired) electrons. The second kappa shape index (κ2) is 6.48. The van der Waals surface area contributed by atoms with E-state index in [2.05, 4.69) is 4.90 Å². The molecule has 1 unspecified atom stereocenters. The molecule has 0 aliphatic carbocycles. The molecular formula is C17H25N3O. The number of nitrogens with zero attached hydrogens (tertiary/aromatic N) is 2. The van der Waals surface area contributed by atoms with Crippen molar-refractivity contribution in [2.75, 3.05) is 38.5 Å². The first-order valence-corrected chi connectivity index (χ1v) is 8.10. The number of nitrogens with two attached hydrogens (primary N) is 1. The maximum Gasteiger partial charge on any atom is 0.255 e. The summed E-state index contributed by atoms with van der Waals surface area (Å²) in [5.41, 5.74) is 7.15. The molecule has 0 spiro atoms. The molecule has 0 saturated carbocycles. The maximum atomic E-state index is 12.5. The lowest BCUT2D eigenvalue weighted by Crippen LogP contribution is -2.36. The first kappa shape index (κ1) is 14.4. The van der Waals surface area contributed by atoms with Gasteiger partial charge >= 0.3 is 0 Å². The smallest absolute Gasteiger partial charge is 0.255 e. The molecule has 1 aromatic carbocycles. The average molecular weight is 287 g/mol. The summed E-state index contributed by atoms with van der Waals surface area (Å²) in [7, 11) is 0. The first-order valence-electron chi connectivity index (χ1n) is 8.10. The predicted molar refractivity (Wildman–Crippen MR) is 85.2 cm³/mol. The summed E-state index contributed by atoms with van der Waals surface area (Å²) < 4.78 is 0. The van der Waals surface area contributed by atoms with Gasteiger partial charge in [0.05, 0.1) is 5.56 Å². The Morgan fingerprint density at radius 2 is 1.90 bits per heavy atom. The molecular weight excluding hydrogens is 262 g/mol. The zero-order chi connectivity index (χ0) is 14.7. The molecule has 1 atom stereocenters. The summed E-state index contributed by atoms with van der Waals surface area (Å²) in [6.45, 7) is 5.36. The van der Waals surface area contributed by atoms with Gasteiger partial charge in [0.1, 0.15) is 0 Å². The number of nitrogen functional groups attached to an aromatic ring is 1. The van der Waals surface area contributed by atoms with Crippen molar-refractivity contribution in [1.29, 1.82) is 0 Å². The molecule has 0 aromatic heterocycles. The average Bonchev–Trinajstić information content (AvgIpc) is 2.97. The second-order valence-corrected chi connectivity index (χ2v) is 6.35. The van der Waals surface area contributed by atoms with Gasteiger partial charge in [-0.1, -0.05) is 18.6 Å². The Hall–Kier alpha value is -1.55. The topological polar surface area (TPSA) is 49.6 Å². The van der Waals surface area contributed by atoms with Crippen LogP contribution in [0.4, 0.5) is 5.69 Å². The Bertz CT molecular complexity index is 497. The molecule has 0 bridgehead atoms. The number of benzene rings is 1. The molecule has 2 heterocycles. The van der Waals surface area contributed by atoms with Gasteiger partial charge in [-0.2, -0.15) is 0 Å². The third kappa shape index (κ3) is 3.38. The number of hydrogen-bond acceptors (Lipinski definition) is 3. The quantitative estimate of drug-likeness (QED) is 0.867. The van der Waals surface area contributed by atoms with Gasteiger partial charge in [0.2, 0.25) is 0 Å². The Morgan fingerprint density at radius 1 is 1.14 bits per heavy atom. The minimum atomic E-state index is 0.0919. The van der Waals surface area contributed by atoms with E-state index in [1.165, 1.54) is 32.4 Å². The van der Waals surface area contributed by atoms with Crippen LogP contribution in [0.5, 0.6) is 0 Å². The van der Waals surface area contributed by atoms with Crippen LogP contribution in [0.3, 0.4) is 0 Å². The number of carbonyl (C=O) groups excluding carboxylic acids is 1. The predicted octanol–water partition coefficient (Wildman–Crippen LogP) is 2.22. The van der Waals surface area contributed by atoms with Gasteiger partial charge in [-0.25, -0.2) is 0 Å². The van der Waals surface area contributed by atoms with Crippen molar-refractivity contribution >= 4 is 11.6 Å². The lowest BCUT2D eigenvalue weighted by atomic mass is 10.1. The number of rotatable bonds is 3. The Kier molecular flexibility index (Phi) is 4.44. The third-order valence-corrected chi connectivity index (χ3v) is 4.73. The van der Waals surface area contributed by atoms with Gasteiger partial charge in [-0.3, -0.25) is 4.79 Å². The monoisotopic (exact) mass is 287 g/mol. The molecule has 1 amide bonds. The van der Waals surface area contributed by atoms with E-state index in [-0.39, 0.29) is 5.91 Å². The Labute approximate surface area is 126 Å². The Morgan fingerprint density at radius 3 is 2.67 bits per heavy atom. The van der Waals surface area contributed by atoms with E-state index in [0.29, 0.717) is 17.2 Å². The van der Waals surface area contributed by atoms with Crippen molar-refractivity contribution in [2.24, 2.45) is 5.92 Å². The second-order valence-electron chi connectivity index (χ2n) is 6.35. The Balaban J connectivity index is 1.56. The summed E-state index contributed by atoms with van der Waals surface area (Å²) in [6.07, 6.45) is 5.15. The van der Waals surface area contributed by atoms with Crippen LogP contribution in [0.1, 0.15) is 36.0 Å². The fourth-order valence-corrected chi connectivity index (χ4v) is 3.54. The van der Waals surface area contributed by atoms with E-state index in [9.17, 15) is 4.79 Å². The van der Waals surface area contributed by atoms with E-state index >= 15 is 0 Å². The van der Waals surface area contributed by atoms with Crippen LogP contribution >= 0.6 is 0 Å². The SMILES string of the molecule is Nc1ccccc1C(=O)N1CCC(CN2CCCCC2)C1. The van der Waals surface area contributed by atoms with Gasteiger partial charge in [-0.05, 0) is 50.4 Å². The highest BCUT2D eigenvalue weighted by Crippen LogP contribution is 2.23.